The van der Waals surface area contributed by atoms with Crippen molar-refractivity contribution in [2.45, 2.75) is 26.7 Å². The van der Waals surface area contributed by atoms with Crippen molar-refractivity contribution in [1.82, 2.24) is 0 Å². The second-order valence-electron chi connectivity index (χ2n) is 2.93. The Labute approximate surface area is 131 Å². The quantitative estimate of drug-likeness (QED) is 0.476. The maximum atomic E-state index is 3.12. The zero-order valence-electron chi connectivity index (χ0n) is 10.0. The molecule has 0 atom stereocenters. The third-order valence-electron chi connectivity index (χ3n) is 1.73. The normalized spacial score (nSPS) is 13.9. The van der Waals surface area contributed by atoms with Gasteiger partial charge in [0.2, 0.25) is 0 Å². The molecule has 0 spiro atoms. The Morgan fingerprint density at radius 1 is 0.875 bits per heavy atom. The minimum Gasteiger partial charge on any atom is -0.270 e. The van der Waals surface area contributed by atoms with Gasteiger partial charge < -0.3 is 0 Å². The fourth-order valence-corrected chi connectivity index (χ4v) is 1.03. The van der Waals surface area contributed by atoms with Crippen LogP contribution in [-0.2, 0) is 21.7 Å². The number of allylic oxidation sites excluding steroid dienone is 8. The second kappa shape index (κ2) is 15.5. The minimum atomic E-state index is 0. The average molecular weight is 310 g/mol. The summed E-state index contributed by atoms with van der Waals surface area (Å²) in [5.74, 6) is 0. The van der Waals surface area contributed by atoms with Gasteiger partial charge in [-0.25, -0.2) is 23.3 Å². The van der Waals surface area contributed by atoms with E-state index in [0.717, 1.165) is 12.8 Å². The molecule has 2 rings (SSSR count). The molecule has 0 heterocycles. The molecule has 0 aromatic heterocycles. The summed E-state index contributed by atoms with van der Waals surface area (Å²) < 4.78 is 0. The number of halogens is 2. The SMILES string of the molecule is CC1=[C-]CC=C1.CC1=[C-]CC=C1.Cl.Cl.[SiH3].[Ti+2]. The zero-order chi connectivity index (χ0) is 8.81. The van der Waals surface area contributed by atoms with Crippen molar-refractivity contribution in [1.29, 1.82) is 0 Å². The Balaban J connectivity index is -0.0000000720. The Morgan fingerprint density at radius 2 is 1.19 bits per heavy atom. The van der Waals surface area contributed by atoms with Crippen LogP contribution in [0.5, 0.6) is 0 Å². The van der Waals surface area contributed by atoms with Gasteiger partial charge in [0, 0.05) is 0 Å². The number of hydrogen-bond donors (Lipinski definition) is 0. The van der Waals surface area contributed by atoms with Crippen LogP contribution < -0.4 is 0 Å². The van der Waals surface area contributed by atoms with Crippen LogP contribution in [-0.4, -0.2) is 11.0 Å². The summed E-state index contributed by atoms with van der Waals surface area (Å²) in [4.78, 5) is 0. The van der Waals surface area contributed by atoms with E-state index in [2.05, 4.69) is 50.3 Å². The van der Waals surface area contributed by atoms with Crippen molar-refractivity contribution in [3.63, 3.8) is 0 Å². The van der Waals surface area contributed by atoms with Gasteiger partial charge in [0.1, 0.15) is 0 Å². The molecule has 0 saturated heterocycles. The van der Waals surface area contributed by atoms with Crippen LogP contribution in [0.4, 0.5) is 0 Å². The second-order valence-corrected chi connectivity index (χ2v) is 2.93. The molecule has 89 valence electrons. The molecule has 0 aliphatic heterocycles. The van der Waals surface area contributed by atoms with Crippen LogP contribution in [0.15, 0.2) is 35.5 Å². The number of rotatable bonds is 0. The fraction of sp³-hybridized carbons (Fsp3) is 0.333. The molecule has 0 bridgehead atoms. The van der Waals surface area contributed by atoms with Gasteiger partial charge in [0.15, 0.2) is 0 Å². The Morgan fingerprint density at radius 3 is 1.25 bits per heavy atom. The first-order chi connectivity index (χ1) is 5.79. The average Bonchev–Trinajstić information content (AvgIpc) is 2.63. The number of hydrogen-bond acceptors (Lipinski definition) is 0. The van der Waals surface area contributed by atoms with Gasteiger partial charge >= 0.3 is 21.7 Å². The molecule has 0 fully saturated rings. The molecular formula is C12H19Cl2SiTi. The molecule has 0 amide bonds. The summed E-state index contributed by atoms with van der Waals surface area (Å²) in [7, 11) is 0. The van der Waals surface area contributed by atoms with Crippen molar-refractivity contribution in [2.75, 3.05) is 0 Å². The Bertz CT molecular complexity index is 235. The smallest absolute Gasteiger partial charge is 0.270 e. The molecule has 0 aromatic carbocycles. The van der Waals surface area contributed by atoms with Crippen molar-refractivity contribution < 1.29 is 21.7 Å². The maximum absolute atomic E-state index is 3.12. The zero-order valence-corrected chi connectivity index (χ0v) is 15.2. The molecule has 0 N–H and O–H groups in total. The maximum Gasteiger partial charge on any atom is 2.00 e. The third kappa shape index (κ3) is 12.5. The van der Waals surface area contributed by atoms with E-state index in [1.807, 2.05) is 0 Å². The topological polar surface area (TPSA) is 0 Å². The first kappa shape index (κ1) is 25.3. The van der Waals surface area contributed by atoms with Crippen molar-refractivity contribution in [3.8, 4) is 0 Å². The van der Waals surface area contributed by atoms with Crippen molar-refractivity contribution in [2.24, 2.45) is 0 Å². The molecule has 0 aromatic rings. The minimum absolute atomic E-state index is 0. The van der Waals surface area contributed by atoms with E-state index in [1.54, 1.807) is 0 Å². The van der Waals surface area contributed by atoms with Gasteiger partial charge in [0.25, 0.3) is 0 Å². The molecular weight excluding hydrogens is 291 g/mol. The van der Waals surface area contributed by atoms with E-state index >= 15 is 0 Å². The summed E-state index contributed by atoms with van der Waals surface area (Å²) in [6, 6.07) is 0. The molecule has 2 aliphatic carbocycles. The van der Waals surface area contributed by atoms with E-state index in [9.17, 15) is 0 Å². The molecule has 0 saturated carbocycles. The molecule has 2 aliphatic rings. The standard InChI is InChI=1S/2C6H7.2ClH.H3Si.Ti/c2*1-6-4-2-3-5-6;;;;/h2*2,4H,3H2,1H3;2*1H;1H3;/q2*-1;;;;+2. The molecule has 16 heavy (non-hydrogen) atoms. The van der Waals surface area contributed by atoms with Gasteiger partial charge in [-0.15, -0.1) is 37.7 Å². The fourth-order valence-electron chi connectivity index (χ4n) is 1.03. The van der Waals surface area contributed by atoms with Gasteiger partial charge in [-0.3, -0.25) is 12.2 Å². The van der Waals surface area contributed by atoms with Gasteiger partial charge in [-0.05, 0) is 11.0 Å². The summed E-state index contributed by atoms with van der Waals surface area (Å²) in [6.07, 6.45) is 16.7. The third-order valence-corrected chi connectivity index (χ3v) is 1.73. The van der Waals surface area contributed by atoms with E-state index in [4.69, 9.17) is 0 Å². The van der Waals surface area contributed by atoms with E-state index in [1.165, 1.54) is 11.1 Å². The first-order valence-corrected chi connectivity index (χ1v) is 4.27. The van der Waals surface area contributed by atoms with Crippen LogP contribution in [0.1, 0.15) is 26.7 Å². The van der Waals surface area contributed by atoms with Crippen LogP contribution >= 0.6 is 24.8 Å². The predicted octanol–water partition coefficient (Wildman–Crippen LogP) is 3.05. The molecule has 0 unspecified atom stereocenters. The summed E-state index contributed by atoms with van der Waals surface area (Å²) in [5.41, 5.74) is 2.55. The Kier molecular flexibility index (Phi) is 24.5. The van der Waals surface area contributed by atoms with Gasteiger partial charge in [-0.1, -0.05) is 13.8 Å². The molecule has 1 radical (unpaired) electrons. The van der Waals surface area contributed by atoms with Crippen molar-refractivity contribution in [3.05, 3.63) is 47.6 Å². The van der Waals surface area contributed by atoms with E-state index in [0.29, 0.717) is 0 Å². The summed E-state index contributed by atoms with van der Waals surface area (Å²) >= 11 is 0. The van der Waals surface area contributed by atoms with Crippen LogP contribution in [0.2, 0.25) is 0 Å². The first-order valence-electron chi connectivity index (χ1n) is 4.27. The van der Waals surface area contributed by atoms with Crippen LogP contribution in [0, 0.1) is 12.2 Å². The van der Waals surface area contributed by atoms with E-state index < -0.39 is 0 Å². The monoisotopic (exact) mass is 309 g/mol. The predicted molar refractivity (Wildman–Crippen MR) is 76.8 cm³/mol. The van der Waals surface area contributed by atoms with Gasteiger partial charge in [-0.2, -0.15) is 12.2 Å². The van der Waals surface area contributed by atoms with Gasteiger partial charge in [0.05, 0.1) is 0 Å². The molecule has 4 heteroatoms. The Hall–Kier alpha value is 0.471. The van der Waals surface area contributed by atoms with Crippen molar-refractivity contribution >= 4 is 35.8 Å². The molecule has 0 nitrogen and oxygen atoms in total. The largest absolute Gasteiger partial charge is 2.00 e. The summed E-state index contributed by atoms with van der Waals surface area (Å²) in [5, 5.41) is 0. The van der Waals surface area contributed by atoms with Crippen LogP contribution in [0.25, 0.3) is 0 Å². The van der Waals surface area contributed by atoms with E-state index in [-0.39, 0.29) is 57.5 Å². The summed E-state index contributed by atoms with van der Waals surface area (Å²) in [6.45, 7) is 4.12. The van der Waals surface area contributed by atoms with Crippen LogP contribution in [0.3, 0.4) is 0 Å².